The van der Waals surface area contributed by atoms with Gasteiger partial charge >= 0.3 is 6.18 Å². The fourth-order valence-electron chi connectivity index (χ4n) is 1.48. The van der Waals surface area contributed by atoms with Crippen LogP contribution in [-0.4, -0.2) is 34.2 Å². The van der Waals surface area contributed by atoms with Crippen molar-refractivity contribution < 1.29 is 23.0 Å². The third kappa shape index (κ3) is 3.08. The molecule has 8 heteroatoms. The number of methoxy groups -OCH3 is 1. The van der Waals surface area contributed by atoms with Crippen LogP contribution in [0.4, 0.5) is 13.2 Å². The van der Waals surface area contributed by atoms with E-state index in [1.54, 1.807) is 6.92 Å². The van der Waals surface area contributed by atoms with E-state index in [-0.39, 0.29) is 18.1 Å². The highest BCUT2D eigenvalue weighted by Gasteiger charge is 2.38. The maximum atomic E-state index is 12.7. The molecule has 0 unspecified atom stereocenters. The normalized spacial score (nSPS) is 13.2. The summed E-state index contributed by atoms with van der Waals surface area (Å²) in [6.07, 6.45) is -4.61. The number of aromatic nitrogens is 2. The van der Waals surface area contributed by atoms with Crippen LogP contribution in [0.25, 0.3) is 0 Å². The van der Waals surface area contributed by atoms with E-state index in [0.717, 1.165) is 4.68 Å². The molecule has 1 rings (SSSR count). The van der Waals surface area contributed by atoms with Gasteiger partial charge in [0, 0.05) is 7.11 Å². The van der Waals surface area contributed by atoms with E-state index in [9.17, 15) is 13.2 Å². The van der Waals surface area contributed by atoms with Crippen LogP contribution >= 0.6 is 0 Å². The third-order valence-electron chi connectivity index (χ3n) is 2.15. The largest absolute Gasteiger partial charge is 0.435 e. The first-order chi connectivity index (χ1) is 8.31. The van der Waals surface area contributed by atoms with E-state index in [1.807, 2.05) is 0 Å². The summed E-state index contributed by atoms with van der Waals surface area (Å²) in [6, 6.07) is 0. The van der Waals surface area contributed by atoms with Gasteiger partial charge in [-0.25, -0.2) is 9.66 Å². The molecule has 18 heavy (non-hydrogen) atoms. The van der Waals surface area contributed by atoms with E-state index in [2.05, 4.69) is 10.1 Å². The minimum atomic E-state index is -4.61. The van der Waals surface area contributed by atoms with E-state index in [4.69, 9.17) is 9.84 Å². The number of halogens is 3. The summed E-state index contributed by atoms with van der Waals surface area (Å²) in [5, 5.41) is 13.0. The summed E-state index contributed by atoms with van der Waals surface area (Å²) >= 11 is 0. The van der Waals surface area contributed by atoms with Gasteiger partial charge in [-0.2, -0.15) is 18.3 Å². The van der Waals surface area contributed by atoms with Crippen molar-refractivity contribution in [2.75, 3.05) is 13.7 Å². The molecule has 0 saturated carbocycles. The Morgan fingerprint density at radius 1 is 1.50 bits per heavy atom. The Balaban J connectivity index is 3.29. The maximum Gasteiger partial charge on any atom is 0.435 e. The summed E-state index contributed by atoms with van der Waals surface area (Å²) in [5.41, 5.74) is -1.02. The summed E-state index contributed by atoms with van der Waals surface area (Å²) in [4.78, 5) is 3.40. The summed E-state index contributed by atoms with van der Waals surface area (Å²) in [5.74, 6) is 0.0572. The van der Waals surface area contributed by atoms with Crippen LogP contribution < -0.4 is 0 Å². The number of rotatable bonds is 4. The van der Waals surface area contributed by atoms with Crippen LogP contribution in [0, 0.1) is 6.92 Å². The first-order valence-electron chi connectivity index (χ1n) is 5.11. The number of hydrogen-bond donors (Lipinski definition) is 1. The van der Waals surface area contributed by atoms with Crippen LogP contribution in [0.15, 0.2) is 5.10 Å². The number of aliphatic hydroxyl groups is 1. The first-order valence-corrected chi connectivity index (χ1v) is 5.11. The Morgan fingerprint density at radius 2 is 2.11 bits per heavy atom. The molecule has 0 aromatic carbocycles. The maximum absolute atomic E-state index is 12.7. The Kier molecular flexibility index (Phi) is 4.47. The number of aliphatic hydroxyl groups excluding tert-OH is 1. The van der Waals surface area contributed by atoms with Crippen LogP contribution in [0.1, 0.15) is 24.1 Å². The summed E-state index contributed by atoms with van der Waals surface area (Å²) in [7, 11) is 1.45. The number of hydrogen-bond acceptors (Lipinski definition) is 4. The zero-order chi connectivity index (χ0) is 13.9. The van der Waals surface area contributed by atoms with Gasteiger partial charge < -0.3 is 9.84 Å². The lowest BCUT2D eigenvalue weighted by Gasteiger charge is -2.07. The second kappa shape index (κ2) is 5.49. The number of imidazole rings is 1. The molecule has 0 amide bonds. The van der Waals surface area contributed by atoms with Gasteiger partial charge in [0.1, 0.15) is 11.5 Å². The topological polar surface area (TPSA) is 59.6 Å². The minimum Gasteiger partial charge on any atom is -0.390 e. The van der Waals surface area contributed by atoms with Gasteiger partial charge in [-0.05, 0) is 13.8 Å². The lowest BCUT2D eigenvalue weighted by atomic mass is 10.3. The Hall–Kier alpha value is -1.41. The van der Waals surface area contributed by atoms with Crippen molar-refractivity contribution in [1.82, 2.24) is 9.66 Å². The molecule has 1 N–H and O–H groups in total. The molecule has 1 aromatic rings. The molecular formula is C10H14F3N3O2. The van der Waals surface area contributed by atoms with Gasteiger partial charge in [0.25, 0.3) is 0 Å². The third-order valence-corrected chi connectivity index (χ3v) is 2.15. The van der Waals surface area contributed by atoms with Gasteiger partial charge in [-0.15, -0.1) is 0 Å². The highest BCUT2D eigenvalue weighted by atomic mass is 19.4. The van der Waals surface area contributed by atoms with Crippen LogP contribution in [0.2, 0.25) is 0 Å². The molecule has 0 spiro atoms. The van der Waals surface area contributed by atoms with Crippen molar-refractivity contribution in [3.05, 3.63) is 17.2 Å². The Bertz CT molecular complexity index is 452. The second-order valence-electron chi connectivity index (χ2n) is 3.69. The minimum absolute atomic E-state index is 0.0572. The lowest BCUT2D eigenvalue weighted by Crippen LogP contribution is -2.12. The number of nitrogens with zero attached hydrogens (tertiary/aromatic N) is 3. The van der Waals surface area contributed by atoms with Crippen LogP contribution in [0.5, 0.6) is 0 Å². The molecule has 102 valence electrons. The van der Waals surface area contributed by atoms with Crippen molar-refractivity contribution in [3.63, 3.8) is 0 Å². The molecule has 0 saturated heterocycles. The fourth-order valence-corrected chi connectivity index (χ4v) is 1.48. The van der Waals surface area contributed by atoms with Crippen molar-refractivity contribution in [2.24, 2.45) is 5.10 Å². The van der Waals surface area contributed by atoms with E-state index < -0.39 is 18.5 Å². The van der Waals surface area contributed by atoms with Gasteiger partial charge in [0.2, 0.25) is 0 Å². The summed E-state index contributed by atoms with van der Waals surface area (Å²) in [6.45, 7) is 2.39. The van der Waals surface area contributed by atoms with Crippen molar-refractivity contribution in [3.8, 4) is 0 Å². The number of alkyl halides is 3. The molecular weight excluding hydrogens is 251 g/mol. The van der Waals surface area contributed by atoms with Crippen molar-refractivity contribution in [1.29, 1.82) is 0 Å². The van der Waals surface area contributed by atoms with Gasteiger partial charge in [0.05, 0.1) is 18.9 Å². The van der Waals surface area contributed by atoms with E-state index in [1.165, 1.54) is 14.0 Å². The van der Waals surface area contributed by atoms with E-state index >= 15 is 0 Å². The fraction of sp³-hybridized carbons (Fsp3) is 0.600. The predicted octanol–water partition coefficient (Wildman–Crippen LogP) is 1.57. The van der Waals surface area contributed by atoms with Gasteiger partial charge in [0.15, 0.2) is 5.69 Å². The second-order valence-corrected chi connectivity index (χ2v) is 3.69. The summed E-state index contributed by atoms with van der Waals surface area (Å²) < 4.78 is 43.8. The Labute approximate surface area is 102 Å². The molecule has 0 atom stereocenters. The monoisotopic (exact) mass is 265 g/mol. The molecule has 0 fully saturated rings. The first kappa shape index (κ1) is 14.7. The molecule has 5 nitrogen and oxygen atoms in total. The average Bonchev–Trinajstić information content (AvgIpc) is 2.56. The van der Waals surface area contributed by atoms with Gasteiger partial charge in [-0.1, -0.05) is 0 Å². The highest BCUT2D eigenvalue weighted by Crippen LogP contribution is 2.31. The standard InChI is InChI=1S/C10H14F3N3O2/c1-6(5-18-3)15-16-7(2)14-9(8(16)4-17)10(11,12)13/h17H,4-5H2,1-3H3/b15-6+. The number of ether oxygens (including phenoxy) is 1. The predicted molar refractivity (Wildman–Crippen MR) is 58.3 cm³/mol. The molecule has 0 radical (unpaired) electrons. The molecule has 0 bridgehead atoms. The van der Waals surface area contributed by atoms with Gasteiger partial charge in [-0.3, -0.25) is 0 Å². The molecule has 0 aliphatic rings. The zero-order valence-electron chi connectivity index (χ0n) is 10.2. The smallest absolute Gasteiger partial charge is 0.390 e. The SMILES string of the molecule is COC/C(C)=N/n1c(C)nc(C(F)(F)F)c1CO. The van der Waals surface area contributed by atoms with Crippen LogP contribution in [-0.2, 0) is 17.5 Å². The number of aryl methyl sites for hydroxylation is 1. The lowest BCUT2D eigenvalue weighted by molar-refractivity contribution is -0.142. The molecule has 0 aliphatic heterocycles. The zero-order valence-corrected chi connectivity index (χ0v) is 10.2. The highest BCUT2D eigenvalue weighted by molar-refractivity contribution is 5.83. The average molecular weight is 265 g/mol. The van der Waals surface area contributed by atoms with E-state index in [0.29, 0.717) is 5.71 Å². The Morgan fingerprint density at radius 3 is 2.56 bits per heavy atom. The van der Waals surface area contributed by atoms with Crippen molar-refractivity contribution >= 4 is 5.71 Å². The molecule has 1 aromatic heterocycles. The molecule has 0 aliphatic carbocycles. The molecule has 1 heterocycles. The van der Waals surface area contributed by atoms with Crippen molar-refractivity contribution in [2.45, 2.75) is 26.6 Å². The quantitative estimate of drug-likeness (QED) is 0.841. The van der Waals surface area contributed by atoms with Crippen LogP contribution in [0.3, 0.4) is 0 Å².